The lowest BCUT2D eigenvalue weighted by Gasteiger charge is -2.20. The summed E-state index contributed by atoms with van der Waals surface area (Å²) in [5.41, 5.74) is 0.739. The van der Waals surface area contributed by atoms with Crippen molar-refractivity contribution >= 4 is 34.6 Å². The lowest BCUT2D eigenvalue weighted by atomic mass is 10.1. The summed E-state index contributed by atoms with van der Waals surface area (Å²) < 4.78 is 15.6. The number of aryl methyl sites for hydroxylation is 1. The molecule has 1 aromatic carbocycles. The van der Waals surface area contributed by atoms with Crippen molar-refractivity contribution in [1.82, 2.24) is 5.32 Å². The van der Waals surface area contributed by atoms with E-state index in [9.17, 15) is 14.4 Å². The molecule has 1 unspecified atom stereocenters. The molecule has 0 aliphatic rings. The van der Waals surface area contributed by atoms with Gasteiger partial charge in [-0.2, -0.15) is 11.8 Å². The molecular formula is C19H23NO6S. The van der Waals surface area contributed by atoms with Crippen LogP contribution in [-0.2, 0) is 14.3 Å². The number of methoxy groups -OCH3 is 1. The fraction of sp³-hybridized carbons (Fsp3) is 0.421. The van der Waals surface area contributed by atoms with Crippen molar-refractivity contribution in [1.29, 1.82) is 0 Å². The van der Waals surface area contributed by atoms with Gasteiger partial charge in [0.1, 0.15) is 17.4 Å². The van der Waals surface area contributed by atoms with Crippen molar-refractivity contribution in [2.24, 2.45) is 0 Å². The lowest BCUT2D eigenvalue weighted by molar-refractivity contribution is -0.146. The Labute approximate surface area is 161 Å². The molecule has 2 aromatic rings. The molecule has 0 bridgehead atoms. The van der Waals surface area contributed by atoms with Crippen LogP contribution in [0.1, 0.15) is 18.9 Å². The number of fused-ring (bicyclic) bond motifs is 1. The topological polar surface area (TPSA) is 94.8 Å². The van der Waals surface area contributed by atoms with Crippen LogP contribution in [-0.4, -0.2) is 43.1 Å². The van der Waals surface area contributed by atoms with E-state index in [0.717, 1.165) is 10.9 Å². The third-order valence-electron chi connectivity index (χ3n) is 4.02. The smallest absolute Gasteiger partial charge is 0.336 e. The Hall–Kier alpha value is -2.48. The number of carbonyl (C=O) groups excluding carboxylic acids is 2. The molecule has 0 aliphatic carbocycles. The number of hydrogen-bond acceptors (Lipinski definition) is 7. The van der Waals surface area contributed by atoms with Crippen LogP contribution >= 0.6 is 11.8 Å². The highest BCUT2D eigenvalue weighted by atomic mass is 32.2. The average Bonchev–Trinajstić information content (AvgIpc) is 2.63. The molecule has 1 N–H and O–H groups in total. The fourth-order valence-electron chi connectivity index (χ4n) is 2.55. The largest absolute Gasteiger partial charge is 0.481 e. The molecule has 7 nitrogen and oxygen atoms in total. The van der Waals surface area contributed by atoms with Crippen LogP contribution in [0.25, 0.3) is 11.0 Å². The molecule has 8 heteroatoms. The molecule has 1 aromatic heterocycles. The van der Waals surface area contributed by atoms with E-state index in [0.29, 0.717) is 23.5 Å². The van der Waals surface area contributed by atoms with E-state index >= 15 is 0 Å². The number of thioether (sulfide) groups is 1. The predicted octanol–water partition coefficient (Wildman–Crippen LogP) is 2.28. The lowest BCUT2D eigenvalue weighted by Crippen LogP contribution is -2.47. The van der Waals surface area contributed by atoms with E-state index in [-0.39, 0.29) is 0 Å². The van der Waals surface area contributed by atoms with E-state index in [1.165, 1.54) is 13.2 Å². The Morgan fingerprint density at radius 1 is 1.30 bits per heavy atom. The molecule has 0 radical (unpaired) electrons. The Balaban J connectivity index is 2.09. The van der Waals surface area contributed by atoms with Crippen molar-refractivity contribution in [3.05, 3.63) is 40.2 Å². The number of hydrogen-bond donors (Lipinski definition) is 1. The number of amides is 1. The molecule has 0 saturated heterocycles. The quantitative estimate of drug-likeness (QED) is 0.543. The van der Waals surface area contributed by atoms with Gasteiger partial charge in [-0.15, -0.1) is 0 Å². The van der Waals surface area contributed by atoms with Crippen LogP contribution in [0.4, 0.5) is 0 Å². The molecule has 0 spiro atoms. The molecular weight excluding hydrogens is 370 g/mol. The summed E-state index contributed by atoms with van der Waals surface area (Å²) in [6, 6.07) is 5.73. The number of esters is 1. The van der Waals surface area contributed by atoms with Gasteiger partial charge >= 0.3 is 11.6 Å². The first-order chi connectivity index (χ1) is 12.8. The monoisotopic (exact) mass is 393 g/mol. The minimum Gasteiger partial charge on any atom is -0.481 e. The molecule has 2 atom stereocenters. The maximum absolute atomic E-state index is 12.4. The fourth-order valence-corrected chi connectivity index (χ4v) is 3.02. The van der Waals surface area contributed by atoms with Crippen molar-refractivity contribution in [3.63, 3.8) is 0 Å². The third kappa shape index (κ3) is 5.50. The summed E-state index contributed by atoms with van der Waals surface area (Å²) in [6.07, 6.45) is 1.54. The number of rotatable bonds is 8. The second-order valence-electron chi connectivity index (χ2n) is 6.03. The van der Waals surface area contributed by atoms with Gasteiger partial charge in [0.2, 0.25) is 0 Å². The Kier molecular flexibility index (Phi) is 7.29. The maximum atomic E-state index is 12.4. The number of nitrogens with one attached hydrogen (secondary N) is 1. The minimum absolute atomic E-state index is 0.387. The highest BCUT2D eigenvalue weighted by Crippen LogP contribution is 2.23. The molecule has 0 aliphatic heterocycles. The molecule has 0 fully saturated rings. The van der Waals surface area contributed by atoms with Gasteiger partial charge in [0.25, 0.3) is 5.91 Å². The summed E-state index contributed by atoms with van der Waals surface area (Å²) in [4.78, 5) is 35.7. The third-order valence-corrected chi connectivity index (χ3v) is 4.66. The number of benzene rings is 1. The Morgan fingerprint density at radius 3 is 2.70 bits per heavy atom. The molecule has 2 rings (SSSR count). The molecule has 0 saturated carbocycles. The van der Waals surface area contributed by atoms with Gasteiger partial charge in [-0.05, 0) is 50.0 Å². The van der Waals surface area contributed by atoms with E-state index < -0.39 is 29.6 Å². The van der Waals surface area contributed by atoms with E-state index in [4.69, 9.17) is 13.9 Å². The van der Waals surface area contributed by atoms with Crippen molar-refractivity contribution in [2.45, 2.75) is 32.4 Å². The average molecular weight is 393 g/mol. The highest BCUT2D eigenvalue weighted by molar-refractivity contribution is 7.98. The van der Waals surface area contributed by atoms with Crippen LogP contribution in [0.3, 0.4) is 0 Å². The van der Waals surface area contributed by atoms with Gasteiger partial charge in [-0.25, -0.2) is 9.59 Å². The summed E-state index contributed by atoms with van der Waals surface area (Å²) in [6.45, 7) is 3.40. The minimum atomic E-state index is -0.847. The number of carbonyl (C=O) groups is 2. The standard InChI is InChI=1S/C19H23NO6S/c1-11-9-17(21)26-16-10-13(5-6-14(11)16)25-12(2)18(22)20-15(7-8-27-4)19(23)24-3/h5-6,9-10,12,15H,7-8H2,1-4H3,(H,20,22)/t12?,15-/m1/s1. The summed E-state index contributed by atoms with van der Waals surface area (Å²) >= 11 is 1.57. The van der Waals surface area contributed by atoms with Crippen molar-refractivity contribution in [2.75, 3.05) is 19.1 Å². The van der Waals surface area contributed by atoms with Gasteiger partial charge < -0.3 is 19.2 Å². The summed E-state index contributed by atoms with van der Waals surface area (Å²) in [5, 5.41) is 3.45. The second-order valence-corrected chi connectivity index (χ2v) is 7.02. The summed E-state index contributed by atoms with van der Waals surface area (Å²) in [7, 11) is 1.28. The van der Waals surface area contributed by atoms with Crippen LogP contribution in [0.15, 0.2) is 33.5 Å². The van der Waals surface area contributed by atoms with Gasteiger partial charge in [0.15, 0.2) is 6.10 Å². The zero-order chi connectivity index (χ0) is 20.0. The first-order valence-electron chi connectivity index (χ1n) is 8.44. The van der Waals surface area contributed by atoms with Gasteiger partial charge in [0, 0.05) is 17.5 Å². The van der Waals surface area contributed by atoms with Crippen molar-refractivity contribution in [3.8, 4) is 5.75 Å². The van der Waals surface area contributed by atoms with Gasteiger partial charge in [0.05, 0.1) is 7.11 Å². The molecule has 146 valence electrons. The van der Waals surface area contributed by atoms with Crippen LogP contribution in [0.5, 0.6) is 5.75 Å². The summed E-state index contributed by atoms with van der Waals surface area (Å²) in [5.74, 6) is 0.167. The maximum Gasteiger partial charge on any atom is 0.336 e. The van der Waals surface area contributed by atoms with E-state index in [1.54, 1.807) is 36.9 Å². The SMILES string of the molecule is COC(=O)[C@@H](CCSC)NC(=O)C(C)Oc1ccc2c(C)cc(=O)oc2c1. The van der Waals surface area contributed by atoms with Crippen LogP contribution < -0.4 is 15.7 Å². The van der Waals surface area contributed by atoms with Gasteiger partial charge in [-0.3, -0.25) is 4.79 Å². The highest BCUT2D eigenvalue weighted by Gasteiger charge is 2.24. The predicted molar refractivity (Wildman–Crippen MR) is 104 cm³/mol. The molecule has 27 heavy (non-hydrogen) atoms. The zero-order valence-corrected chi connectivity index (χ0v) is 16.6. The normalized spacial score (nSPS) is 13.0. The first-order valence-corrected chi connectivity index (χ1v) is 9.83. The first kappa shape index (κ1) is 20.8. The van der Waals surface area contributed by atoms with E-state index in [2.05, 4.69) is 5.32 Å². The van der Waals surface area contributed by atoms with Gasteiger partial charge in [-0.1, -0.05) is 0 Å². The molecule has 1 heterocycles. The Bertz CT molecular complexity index is 878. The molecule has 1 amide bonds. The number of ether oxygens (including phenoxy) is 2. The van der Waals surface area contributed by atoms with Crippen molar-refractivity contribution < 1.29 is 23.5 Å². The van der Waals surface area contributed by atoms with Crippen LogP contribution in [0.2, 0.25) is 0 Å². The Morgan fingerprint density at radius 2 is 2.04 bits per heavy atom. The zero-order valence-electron chi connectivity index (χ0n) is 15.7. The van der Waals surface area contributed by atoms with E-state index in [1.807, 2.05) is 13.2 Å². The van der Waals surface area contributed by atoms with Crippen LogP contribution in [0, 0.1) is 6.92 Å². The second kappa shape index (κ2) is 9.45.